The van der Waals surface area contributed by atoms with Gasteiger partial charge in [-0.3, -0.25) is 0 Å². The predicted octanol–water partition coefficient (Wildman–Crippen LogP) is 1.74. The van der Waals surface area contributed by atoms with Gasteiger partial charge in [0.05, 0.1) is 22.0 Å². The van der Waals surface area contributed by atoms with Crippen LogP contribution >= 0.6 is 23.2 Å². The third kappa shape index (κ3) is 3.12. The van der Waals surface area contributed by atoms with E-state index in [2.05, 4.69) is 0 Å². The third-order valence-electron chi connectivity index (χ3n) is 1.87. The molecular formula is C10H6Cl2NO2-. The monoisotopic (exact) mass is 242 g/mol. The quantitative estimate of drug-likeness (QED) is 0.812. The van der Waals surface area contributed by atoms with Gasteiger partial charge in [-0.15, -0.1) is 0 Å². The minimum Gasteiger partial charge on any atom is -0.550 e. The summed E-state index contributed by atoms with van der Waals surface area (Å²) in [6.45, 7) is 0. The topological polar surface area (TPSA) is 63.9 Å². The van der Waals surface area contributed by atoms with Crippen LogP contribution in [-0.4, -0.2) is 5.97 Å². The Hall–Kier alpha value is -1.24. The average Bonchev–Trinajstić information content (AvgIpc) is 2.18. The van der Waals surface area contributed by atoms with Crippen LogP contribution in [-0.2, 0) is 4.79 Å². The van der Waals surface area contributed by atoms with Crippen LogP contribution in [0, 0.1) is 11.3 Å². The van der Waals surface area contributed by atoms with Crippen LogP contribution in [0.1, 0.15) is 17.9 Å². The van der Waals surface area contributed by atoms with Gasteiger partial charge in [-0.25, -0.2) is 0 Å². The number of halogens is 2. The van der Waals surface area contributed by atoms with Crippen molar-refractivity contribution in [2.24, 2.45) is 0 Å². The fraction of sp³-hybridized carbons (Fsp3) is 0.200. The number of nitrogens with zero attached hydrogens (tertiary/aromatic N) is 1. The van der Waals surface area contributed by atoms with Gasteiger partial charge in [0.1, 0.15) is 0 Å². The maximum absolute atomic E-state index is 10.4. The fourth-order valence-corrected chi connectivity index (χ4v) is 1.44. The molecular weight excluding hydrogens is 237 g/mol. The van der Waals surface area contributed by atoms with E-state index in [0.717, 1.165) is 0 Å². The van der Waals surface area contributed by atoms with Crippen molar-refractivity contribution >= 4 is 29.2 Å². The van der Waals surface area contributed by atoms with Crippen LogP contribution in [0.3, 0.4) is 0 Å². The Labute approximate surface area is 96.8 Å². The van der Waals surface area contributed by atoms with Crippen LogP contribution in [0.4, 0.5) is 0 Å². The summed E-state index contributed by atoms with van der Waals surface area (Å²) in [5, 5.41) is 19.8. The Kier molecular flexibility index (Phi) is 3.96. The Morgan fingerprint density at radius 3 is 2.60 bits per heavy atom. The van der Waals surface area contributed by atoms with Crippen LogP contribution in [0.5, 0.6) is 0 Å². The van der Waals surface area contributed by atoms with Crippen molar-refractivity contribution in [3.63, 3.8) is 0 Å². The summed E-state index contributed by atoms with van der Waals surface area (Å²) >= 11 is 11.4. The van der Waals surface area contributed by atoms with Gasteiger partial charge in [0.25, 0.3) is 0 Å². The Morgan fingerprint density at radius 2 is 2.13 bits per heavy atom. The van der Waals surface area contributed by atoms with Crippen LogP contribution in [0.25, 0.3) is 0 Å². The van der Waals surface area contributed by atoms with E-state index in [0.29, 0.717) is 15.6 Å². The molecule has 0 saturated carbocycles. The summed E-state index contributed by atoms with van der Waals surface area (Å²) in [4.78, 5) is 10.4. The molecule has 1 unspecified atom stereocenters. The van der Waals surface area contributed by atoms with Crippen molar-refractivity contribution in [2.45, 2.75) is 12.3 Å². The maximum atomic E-state index is 10.4. The molecule has 1 aromatic rings. The highest BCUT2D eigenvalue weighted by molar-refractivity contribution is 6.42. The summed E-state index contributed by atoms with van der Waals surface area (Å²) in [7, 11) is 0. The van der Waals surface area contributed by atoms with Gasteiger partial charge >= 0.3 is 0 Å². The predicted molar refractivity (Wildman–Crippen MR) is 54.4 cm³/mol. The number of hydrogen-bond acceptors (Lipinski definition) is 3. The standard InChI is InChI=1S/C10H7Cl2NO2/c11-8-2-1-6(3-9(8)12)7(5-13)4-10(14)15/h1-3,7H,4H2,(H,14,15)/p-1. The summed E-state index contributed by atoms with van der Waals surface area (Å²) < 4.78 is 0. The molecule has 0 heterocycles. The first-order valence-corrected chi connectivity index (χ1v) is 4.84. The molecule has 1 aromatic carbocycles. The molecule has 0 spiro atoms. The SMILES string of the molecule is N#CC(CC(=O)[O-])c1ccc(Cl)c(Cl)c1. The van der Waals surface area contributed by atoms with E-state index < -0.39 is 11.9 Å². The number of carbonyl (C=O) groups is 1. The smallest absolute Gasteiger partial charge is 0.0765 e. The van der Waals surface area contributed by atoms with Crippen molar-refractivity contribution < 1.29 is 9.90 Å². The molecule has 0 saturated heterocycles. The second-order valence-electron chi connectivity index (χ2n) is 2.93. The zero-order chi connectivity index (χ0) is 11.4. The Balaban J connectivity index is 2.98. The van der Waals surface area contributed by atoms with E-state index in [1.807, 2.05) is 6.07 Å². The zero-order valence-corrected chi connectivity index (χ0v) is 9.05. The number of rotatable bonds is 3. The minimum absolute atomic E-state index is 0.299. The summed E-state index contributed by atoms with van der Waals surface area (Å²) in [6, 6.07) is 6.46. The molecule has 1 rings (SSSR count). The second-order valence-corrected chi connectivity index (χ2v) is 3.75. The molecule has 0 aromatic heterocycles. The van der Waals surface area contributed by atoms with E-state index in [-0.39, 0.29) is 6.42 Å². The molecule has 78 valence electrons. The lowest BCUT2D eigenvalue weighted by atomic mass is 9.97. The third-order valence-corrected chi connectivity index (χ3v) is 2.61. The zero-order valence-electron chi connectivity index (χ0n) is 7.54. The second kappa shape index (κ2) is 5.01. The number of hydrogen-bond donors (Lipinski definition) is 0. The van der Waals surface area contributed by atoms with Gasteiger partial charge in [-0.2, -0.15) is 5.26 Å². The largest absolute Gasteiger partial charge is 0.550 e. The van der Waals surface area contributed by atoms with E-state index >= 15 is 0 Å². The van der Waals surface area contributed by atoms with Gasteiger partial charge in [-0.05, 0) is 17.7 Å². The number of nitriles is 1. The van der Waals surface area contributed by atoms with Crippen molar-refractivity contribution in [2.75, 3.05) is 0 Å². The molecule has 0 aliphatic heterocycles. The number of carbonyl (C=O) groups excluding carboxylic acids is 1. The number of aliphatic carboxylic acids is 1. The summed E-state index contributed by atoms with van der Waals surface area (Å²) in [5.74, 6) is -2.03. The maximum Gasteiger partial charge on any atom is 0.0765 e. The van der Waals surface area contributed by atoms with Gasteiger partial charge in [0.15, 0.2) is 0 Å². The van der Waals surface area contributed by atoms with Crippen LogP contribution < -0.4 is 5.11 Å². The van der Waals surface area contributed by atoms with E-state index in [4.69, 9.17) is 28.5 Å². The molecule has 0 fully saturated rings. The van der Waals surface area contributed by atoms with Crippen molar-refractivity contribution in [1.82, 2.24) is 0 Å². The molecule has 15 heavy (non-hydrogen) atoms. The molecule has 0 bridgehead atoms. The highest BCUT2D eigenvalue weighted by Gasteiger charge is 2.12. The van der Waals surface area contributed by atoms with Crippen molar-refractivity contribution in [3.8, 4) is 6.07 Å². The van der Waals surface area contributed by atoms with E-state index in [9.17, 15) is 9.90 Å². The lowest BCUT2D eigenvalue weighted by molar-refractivity contribution is -0.305. The molecule has 5 heteroatoms. The lowest BCUT2D eigenvalue weighted by Crippen LogP contribution is -2.24. The first kappa shape index (κ1) is 11.8. The highest BCUT2D eigenvalue weighted by atomic mass is 35.5. The Morgan fingerprint density at radius 1 is 1.47 bits per heavy atom. The van der Waals surface area contributed by atoms with Crippen molar-refractivity contribution in [1.29, 1.82) is 5.26 Å². The van der Waals surface area contributed by atoms with Gasteiger partial charge < -0.3 is 9.90 Å². The Bertz CT molecular complexity index is 426. The fourth-order valence-electron chi connectivity index (χ4n) is 1.13. The highest BCUT2D eigenvalue weighted by Crippen LogP contribution is 2.27. The van der Waals surface area contributed by atoms with Crippen LogP contribution in [0.15, 0.2) is 18.2 Å². The molecule has 0 aliphatic rings. The normalized spacial score (nSPS) is 11.8. The first-order chi connectivity index (χ1) is 7.04. The lowest BCUT2D eigenvalue weighted by Gasteiger charge is -2.10. The number of carboxylic acids is 1. The number of benzene rings is 1. The summed E-state index contributed by atoms with van der Waals surface area (Å²) in [5.41, 5.74) is 0.524. The molecule has 0 N–H and O–H groups in total. The number of carboxylic acid groups (broad SMARTS) is 1. The first-order valence-electron chi connectivity index (χ1n) is 4.09. The molecule has 0 amide bonds. The molecule has 0 radical (unpaired) electrons. The van der Waals surface area contributed by atoms with E-state index in [1.54, 1.807) is 6.07 Å². The average molecular weight is 243 g/mol. The summed E-state index contributed by atoms with van der Waals surface area (Å²) in [6.07, 6.45) is -0.353. The van der Waals surface area contributed by atoms with Gasteiger partial charge in [0, 0.05) is 12.4 Å². The van der Waals surface area contributed by atoms with Crippen LogP contribution in [0.2, 0.25) is 10.0 Å². The molecule has 3 nitrogen and oxygen atoms in total. The minimum atomic E-state index is -1.27. The van der Waals surface area contributed by atoms with Crippen molar-refractivity contribution in [3.05, 3.63) is 33.8 Å². The molecule has 1 atom stereocenters. The van der Waals surface area contributed by atoms with E-state index in [1.165, 1.54) is 12.1 Å². The molecule has 0 aliphatic carbocycles. The van der Waals surface area contributed by atoms with Gasteiger partial charge in [0.2, 0.25) is 0 Å². The van der Waals surface area contributed by atoms with Gasteiger partial charge in [-0.1, -0.05) is 29.3 Å².